The lowest BCUT2D eigenvalue weighted by Crippen LogP contribution is -2.48. The number of para-hydroxylation sites is 1. The van der Waals surface area contributed by atoms with E-state index in [1.807, 2.05) is 73.7 Å². The van der Waals surface area contributed by atoms with Gasteiger partial charge in [-0.3, -0.25) is 15.0 Å². The second-order valence-corrected chi connectivity index (χ2v) is 8.17. The lowest BCUT2D eigenvalue weighted by atomic mass is 9.87. The second kappa shape index (κ2) is 8.90. The van der Waals surface area contributed by atoms with E-state index >= 15 is 0 Å². The molecular formula is C27H23N5O3. The molecule has 0 saturated carbocycles. The number of nitrogens with zero attached hydrogens (tertiary/aromatic N) is 3. The fourth-order valence-corrected chi connectivity index (χ4v) is 4.26. The lowest BCUT2D eigenvalue weighted by molar-refractivity contribution is -0.133. The van der Waals surface area contributed by atoms with Gasteiger partial charge in [0.1, 0.15) is 11.2 Å². The van der Waals surface area contributed by atoms with E-state index in [9.17, 15) is 14.4 Å². The molecule has 8 heteroatoms. The van der Waals surface area contributed by atoms with E-state index in [0.717, 1.165) is 16.3 Å². The Morgan fingerprint density at radius 1 is 0.914 bits per heavy atom. The number of hydrogen-bond donors (Lipinski definition) is 2. The Morgan fingerprint density at radius 2 is 1.51 bits per heavy atom. The third-order valence-electron chi connectivity index (χ3n) is 6.13. The molecule has 1 aromatic heterocycles. The fraction of sp³-hybridized carbons (Fsp3) is 0.111. The summed E-state index contributed by atoms with van der Waals surface area (Å²) in [6.07, 6.45) is 1.92. The highest BCUT2D eigenvalue weighted by Gasteiger charge is 2.52. The van der Waals surface area contributed by atoms with Crippen LogP contribution in [-0.4, -0.2) is 32.6 Å². The fourth-order valence-electron chi connectivity index (χ4n) is 4.26. The number of hydrazine groups is 1. The Hall–Kier alpha value is -4.72. The zero-order valence-electron chi connectivity index (χ0n) is 19.0. The van der Waals surface area contributed by atoms with Gasteiger partial charge in [-0.15, -0.1) is 0 Å². The van der Waals surface area contributed by atoms with Gasteiger partial charge in [-0.05, 0) is 24.1 Å². The Balaban J connectivity index is 1.50. The largest absolute Gasteiger partial charge is 0.344 e. The van der Waals surface area contributed by atoms with Gasteiger partial charge in [0.05, 0.1) is 11.3 Å². The first-order valence-corrected chi connectivity index (χ1v) is 11.3. The van der Waals surface area contributed by atoms with E-state index in [-0.39, 0.29) is 5.56 Å². The van der Waals surface area contributed by atoms with Crippen molar-refractivity contribution in [3.8, 4) is 16.9 Å². The van der Waals surface area contributed by atoms with Crippen LogP contribution >= 0.6 is 0 Å². The van der Waals surface area contributed by atoms with Gasteiger partial charge in [-0.25, -0.2) is 9.48 Å². The number of carbonyl (C=O) groups excluding carboxylic acids is 3. The van der Waals surface area contributed by atoms with Gasteiger partial charge in [0.25, 0.3) is 11.8 Å². The van der Waals surface area contributed by atoms with Crippen LogP contribution in [0.2, 0.25) is 0 Å². The molecule has 1 atom stereocenters. The lowest BCUT2D eigenvalue weighted by Gasteiger charge is -2.25. The molecule has 4 amide bonds. The molecule has 0 unspecified atom stereocenters. The molecule has 4 aromatic rings. The van der Waals surface area contributed by atoms with Crippen molar-refractivity contribution in [2.75, 3.05) is 0 Å². The molecular weight excluding hydrogens is 442 g/mol. The van der Waals surface area contributed by atoms with E-state index in [1.54, 1.807) is 35.1 Å². The number of imide groups is 1. The maximum Gasteiger partial charge on any atom is 0.344 e. The van der Waals surface area contributed by atoms with E-state index in [4.69, 9.17) is 0 Å². The van der Waals surface area contributed by atoms with Crippen LogP contribution in [0.1, 0.15) is 29.3 Å². The van der Waals surface area contributed by atoms with E-state index in [1.165, 1.54) is 0 Å². The second-order valence-electron chi connectivity index (χ2n) is 8.17. The van der Waals surface area contributed by atoms with E-state index < -0.39 is 23.4 Å². The quantitative estimate of drug-likeness (QED) is 0.420. The molecule has 2 N–H and O–H groups in total. The van der Waals surface area contributed by atoms with Crippen LogP contribution < -0.4 is 10.7 Å². The Kier molecular flexibility index (Phi) is 5.62. The van der Waals surface area contributed by atoms with Crippen molar-refractivity contribution in [1.82, 2.24) is 25.5 Å². The summed E-state index contributed by atoms with van der Waals surface area (Å²) in [5.41, 5.74) is 4.08. The molecule has 0 spiro atoms. The van der Waals surface area contributed by atoms with Crippen LogP contribution in [0.3, 0.4) is 0 Å². The number of urea groups is 1. The summed E-state index contributed by atoms with van der Waals surface area (Å²) in [5, 5.41) is 8.16. The minimum atomic E-state index is -1.25. The molecule has 1 saturated heterocycles. The SMILES string of the molecule is CC[C@]1(c2ccccc2)NC(=O)N(NC(=O)c2cn(-c3ccccc3)nc2-c2ccccc2)C1=O. The first-order valence-electron chi connectivity index (χ1n) is 11.3. The van der Waals surface area contributed by atoms with Gasteiger partial charge < -0.3 is 5.32 Å². The third kappa shape index (κ3) is 3.85. The van der Waals surface area contributed by atoms with Crippen LogP contribution in [0.4, 0.5) is 4.79 Å². The van der Waals surface area contributed by atoms with E-state index in [2.05, 4.69) is 15.8 Å². The third-order valence-corrected chi connectivity index (χ3v) is 6.13. The molecule has 8 nitrogen and oxygen atoms in total. The molecule has 3 aromatic carbocycles. The van der Waals surface area contributed by atoms with Crippen molar-refractivity contribution in [2.24, 2.45) is 0 Å². The normalized spacial score (nSPS) is 17.3. The topological polar surface area (TPSA) is 96.3 Å². The van der Waals surface area contributed by atoms with Gasteiger partial charge >= 0.3 is 6.03 Å². The van der Waals surface area contributed by atoms with Crippen molar-refractivity contribution < 1.29 is 14.4 Å². The average molecular weight is 466 g/mol. The minimum absolute atomic E-state index is 0.231. The number of benzene rings is 3. The molecule has 1 aliphatic heterocycles. The standard InChI is InChI=1S/C27H23N5O3/c1-2-27(20-14-8-4-9-15-20)25(34)32(26(35)28-27)30-24(33)22-18-31(21-16-10-5-11-17-21)29-23(22)19-12-6-3-7-13-19/h3-18H,2H2,1H3,(H,28,35)(H,30,33)/t27-/m1/s1. The number of amides is 4. The Morgan fingerprint density at radius 3 is 2.14 bits per heavy atom. The Bertz CT molecular complexity index is 1390. The number of aromatic nitrogens is 2. The summed E-state index contributed by atoms with van der Waals surface area (Å²) >= 11 is 0. The minimum Gasteiger partial charge on any atom is -0.318 e. The van der Waals surface area contributed by atoms with Crippen LogP contribution in [0.15, 0.2) is 97.2 Å². The monoisotopic (exact) mass is 465 g/mol. The summed E-state index contributed by atoms with van der Waals surface area (Å²) in [7, 11) is 0. The van der Waals surface area contributed by atoms with E-state index in [0.29, 0.717) is 17.7 Å². The van der Waals surface area contributed by atoms with Gasteiger partial charge in [0.15, 0.2) is 0 Å². The van der Waals surface area contributed by atoms with Crippen LogP contribution in [0.5, 0.6) is 0 Å². The Labute approximate surface area is 202 Å². The average Bonchev–Trinajstić information content (AvgIpc) is 3.46. The molecule has 2 heterocycles. The van der Waals surface area contributed by atoms with Crippen LogP contribution in [-0.2, 0) is 10.3 Å². The summed E-state index contributed by atoms with van der Waals surface area (Å²) in [5.74, 6) is -1.16. The molecule has 1 fully saturated rings. The highest BCUT2D eigenvalue weighted by atomic mass is 16.2. The summed E-state index contributed by atoms with van der Waals surface area (Å²) in [6, 6.07) is 27.0. The zero-order chi connectivity index (χ0) is 24.4. The highest BCUT2D eigenvalue weighted by Crippen LogP contribution is 2.32. The molecule has 174 valence electrons. The number of carbonyl (C=O) groups is 3. The molecule has 0 bridgehead atoms. The van der Waals surface area contributed by atoms with Gasteiger partial charge in [0, 0.05) is 11.8 Å². The van der Waals surface area contributed by atoms with Crippen molar-refractivity contribution in [2.45, 2.75) is 18.9 Å². The summed E-state index contributed by atoms with van der Waals surface area (Å²) < 4.78 is 1.60. The first kappa shape index (κ1) is 22.1. The van der Waals surface area contributed by atoms with Crippen molar-refractivity contribution in [1.29, 1.82) is 0 Å². The molecule has 35 heavy (non-hydrogen) atoms. The molecule has 0 aliphatic carbocycles. The zero-order valence-corrected chi connectivity index (χ0v) is 19.0. The number of nitrogens with one attached hydrogen (secondary N) is 2. The smallest absolute Gasteiger partial charge is 0.318 e. The van der Waals surface area contributed by atoms with Crippen LogP contribution in [0, 0.1) is 0 Å². The van der Waals surface area contributed by atoms with Gasteiger partial charge in [-0.2, -0.15) is 10.1 Å². The maximum absolute atomic E-state index is 13.4. The molecule has 5 rings (SSSR count). The van der Waals surface area contributed by atoms with Crippen molar-refractivity contribution >= 4 is 17.8 Å². The predicted molar refractivity (Wildman–Crippen MR) is 130 cm³/mol. The predicted octanol–water partition coefficient (Wildman–Crippen LogP) is 4.04. The first-order chi connectivity index (χ1) is 17.0. The van der Waals surface area contributed by atoms with Gasteiger partial charge in [0.2, 0.25) is 0 Å². The summed E-state index contributed by atoms with van der Waals surface area (Å²) in [6.45, 7) is 1.81. The molecule has 0 radical (unpaired) electrons. The highest BCUT2D eigenvalue weighted by molar-refractivity contribution is 6.10. The number of hydrogen-bond acceptors (Lipinski definition) is 4. The van der Waals surface area contributed by atoms with Crippen molar-refractivity contribution in [3.63, 3.8) is 0 Å². The molecule has 1 aliphatic rings. The van der Waals surface area contributed by atoms with Crippen molar-refractivity contribution in [3.05, 3.63) is 108 Å². The van der Waals surface area contributed by atoms with Gasteiger partial charge in [-0.1, -0.05) is 85.8 Å². The number of rotatable bonds is 6. The summed E-state index contributed by atoms with van der Waals surface area (Å²) in [4.78, 5) is 39.7. The maximum atomic E-state index is 13.4. The van der Waals surface area contributed by atoms with Crippen LogP contribution in [0.25, 0.3) is 16.9 Å².